The number of ether oxygens (including phenoxy) is 5. The Balaban J connectivity index is 1.53. The molecule has 2 heterocycles. The summed E-state index contributed by atoms with van der Waals surface area (Å²) >= 11 is 0. The predicted molar refractivity (Wildman–Crippen MR) is 152 cm³/mol. The molecular formula is C33H32N2O8. The zero-order valence-corrected chi connectivity index (χ0v) is 23.8. The van der Waals surface area contributed by atoms with Crippen molar-refractivity contribution < 1.29 is 42.6 Å². The van der Waals surface area contributed by atoms with E-state index in [-0.39, 0.29) is 23.2 Å². The number of aromatic nitrogens is 2. The second-order valence-electron chi connectivity index (χ2n) is 9.82. The van der Waals surface area contributed by atoms with E-state index in [9.17, 15) is 14.4 Å². The molecule has 4 aromatic rings. The number of hydrogen-bond donors (Lipinski definition) is 0. The van der Waals surface area contributed by atoms with E-state index >= 15 is 0 Å². The molecule has 43 heavy (non-hydrogen) atoms. The highest BCUT2D eigenvalue weighted by Crippen LogP contribution is 2.31. The average Bonchev–Trinajstić information content (AvgIpc) is 3.52. The molecule has 10 heteroatoms. The fourth-order valence-corrected chi connectivity index (χ4v) is 4.78. The van der Waals surface area contributed by atoms with Crippen LogP contribution in [0, 0.1) is 6.33 Å². The van der Waals surface area contributed by atoms with E-state index in [1.54, 1.807) is 102 Å². The van der Waals surface area contributed by atoms with Crippen LogP contribution in [-0.4, -0.2) is 60.3 Å². The Bertz CT molecular complexity index is 1510. The largest absolute Gasteiger partial charge is 0.452 e. The van der Waals surface area contributed by atoms with Crippen molar-refractivity contribution >= 4 is 17.9 Å². The van der Waals surface area contributed by atoms with E-state index in [4.69, 9.17) is 23.7 Å². The van der Waals surface area contributed by atoms with Crippen molar-refractivity contribution in [2.24, 2.45) is 0 Å². The quantitative estimate of drug-likeness (QED) is 0.120. The maximum atomic E-state index is 13.4. The van der Waals surface area contributed by atoms with Crippen LogP contribution in [0.2, 0.25) is 0 Å². The van der Waals surface area contributed by atoms with Crippen LogP contribution < -0.4 is 4.57 Å². The number of rotatable bonds is 10. The Hall–Kier alpha value is -4.80. The van der Waals surface area contributed by atoms with Gasteiger partial charge in [-0.1, -0.05) is 54.6 Å². The summed E-state index contributed by atoms with van der Waals surface area (Å²) in [7, 11) is 1.39. The normalized spacial score (nSPS) is 21.5. The Morgan fingerprint density at radius 3 is 1.65 bits per heavy atom. The first kappa shape index (κ1) is 29.7. The second kappa shape index (κ2) is 13.9. The van der Waals surface area contributed by atoms with Crippen LogP contribution in [0.25, 0.3) is 0 Å². The van der Waals surface area contributed by atoms with Gasteiger partial charge in [0.1, 0.15) is 6.10 Å². The molecule has 0 unspecified atom stereocenters. The molecular weight excluding hydrogens is 552 g/mol. The van der Waals surface area contributed by atoms with Crippen molar-refractivity contribution in [3.8, 4) is 0 Å². The number of methoxy groups -OCH3 is 1. The molecule has 10 nitrogen and oxygen atoms in total. The molecule has 0 spiro atoms. The molecule has 222 valence electrons. The second-order valence-corrected chi connectivity index (χ2v) is 9.82. The van der Waals surface area contributed by atoms with E-state index in [2.05, 4.69) is 6.33 Å². The van der Waals surface area contributed by atoms with Crippen molar-refractivity contribution in [3.05, 3.63) is 126 Å². The number of nitrogens with zero attached hydrogens (tertiary/aromatic N) is 2. The summed E-state index contributed by atoms with van der Waals surface area (Å²) in [6.45, 7) is 2.84. The first-order valence-electron chi connectivity index (χ1n) is 13.9. The van der Waals surface area contributed by atoms with Gasteiger partial charge in [0.2, 0.25) is 6.33 Å². The summed E-state index contributed by atoms with van der Waals surface area (Å²) in [6, 6.07) is 25.2. The van der Waals surface area contributed by atoms with Crippen LogP contribution in [0.1, 0.15) is 38.0 Å². The van der Waals surface area contributed by atoms with Gasteiger partial charge in [0.25, 0.3) is 0 Å². The molecule has 0 N–H and O–H groups in total. The van der Waals surface area contributed by atoms with Gasteiger partial charge in [0.15, 0.2) is 24.6 Å². The maximum absolute atomic E-state index is 13.4. The van der Waals surface area contributed by atoms with E-state index in [1.807, 2.05) is 17.7 Å². The molecule has 0 aliphatic carbocycles. The maximum Gasteiger partial charge on any atom is 0.338 e. The van der Waals surface area contributed by atoms with Crippen LogP contribution in [0.15, 0.2) is 103 Å². The van der Waals surface area contributed by atoms with Crippen molar-refractivity contribution in [2.75, 3.05) is 7.11 Å². The number of aryl methyl sites for hydroxylation is 1. The topological polar surface area (TPSA) is 106 Å². The predicted octanol–water partition coefficient (Wildman–Crippen LogP) is 3.64. The molecule has 0 bridgehead atoms. The molecule has 1 fully saturated rings. The summed E-state index contributed by atoms with van der Waals surface area (Å²) in [5.74, 6) is -2.05. The minimum atomic E-state index is -1.30. The van der Waals surface area contributed by atoms with Crippen molar-refractivity contribution in [1.82, 2.24) is 4.57 Å². The summed E-state index contributed by atoms with van der Waals surface area (Å²) in [4.78, 5) is 40.0. The Morgan fingerprint density at radius 1 is 0.744 bits per heavy atom. The lowest BCUT2D eigenvalue weighted by molar-refractivity contribution is -0.697. The molecule has 5 atom stereocenters. The van der Waals surface area contributed by atoms with Crippen LogP contribution in [0.3, 0.4) is 0 Å². The Morgan fingerprint density at radius 2 is 1.21 bits per heavy atom. The van der Waals surface area contributed by atoms with Gasteiger partial charge in [-0.15, -0.1) is 0 Å². The van der Waals surface area contributed by atoms with E-state index < -0.39 is 48.6 Å². The molecule has 5 rings (SSSR count). The van der Waals surface area contributed by atoms with Gasteiger partial charge in [-0.05, 0) is 55.7 Å². The third-order valence-corrected chi connectivity index (χ3v) is 6.98. The number of carbonyl (C=O) groups is 3. The zero-order chi connectivity index (χ0) is 30.2. The lowest BCUT2D eigenvalue weighted by atomic mass is 9.97. The van der Waals surface area contributed by atoms with Gasteiger partial charge >= 0.3 is 17.9 Å². The summed E-state index contributed by atoms with van der Waals surface area (Å²) in [5.41, 5.74) is 0.831. The average molecular weight is 585 g/mol. The fourth-order valence-electron chi connectivity index (χ4n) is 4.78. The van der Waals surface area contributed by atoms with Crippen molar-refractivity contribution in [2.45, 2.75) is 50.7 Å². The SMILES string of the molecule is CC[n+]1[c-]n(C[C@H]2O[C@H](OC)[C@H](OC(=O)c3ccccc3)[C@@H](OC(=O)c3ccccc3)[C@@H]2OC(=O)c2ccccc2)cc1. The third kappa shape index (κ3) is 7.17. The van der Waals surface area contributed by atoms with Crippen molar-refractivity contribution in [3.63, 3.8) is 0 Å². The fraction of sp³-hybridized carbons (Fsp3) is 0.273. The zero-order valence-electron chi connectivity index (χ0n) is 23.8. The standard InChI is InChI=1S/C33H32N2O8/c1-3-34-19-20-35(22-34)21-26-27(41-30(36)23-13-7-4-8-14-23)28(42-31(37)24-15-9-5-10-16-24)29(33(39-2)40-26)43-32(38)25-17-11-6-12-18-25/h4-20,26-29,33H,3,21H2,1-2H3/t26-,27-,28+,29-,33+/m1/s1. The van der Waals surface area contributed by atoms with E-state index in [0.29, 0.717) is 6.54 Å². The van der Waals surface area contributed by atoms with Gasteiger partial charge in [-0.25, -0.2) is 14.4 Å². The van der Waals surface area contributed by atoms with E-state index in [0.717, 1.165) is 0 Å². The summed E-state index contributed by atoms with van der Waals surface area (Å²) < 4.78 is 33.5. The third-order valence-electron chi connectivity index (χ3n) is 6.98. The van der Waals surface area contributed by atoms with Gasteiger partial charge in [0, 0.05) is 7.11 Å². The minimum absolute atomic E-state index is 0.165. The van der Waals surface area contributed by atoms with Gasteiger partial charge < -0.3 is 32.8 Å². The molecule has 0 radical (unpaired) electrons. The van der Waals surface area contributed by atoms with Crippen LogP contribution in [0.4, 0.5) is 0 Å². The Kier molecular flexibility index (Phi) is 9.60. The minimum Gasteiger partial charge on any atom is -0.452 e. The number of benzene rings is 3. The summed E-state index contributed by atoms with van der Waals surface area (Å²) in [6.07, 6.45) is 0.989. The lowest BCUT2D eigenvalue weighted by Gasteiger charge is -2.44. The highest BCUT2D eigenvalue weighted by molar-refractivity contribution is 5.91. The number of carbonyl (C=O) groups excluding carboxylic acids is 3. The Labute approximate surface area is 249 Å². The van der Waals surface area contributed by atoms with E-state index in [1.165, 1.54) is 7.11 Å². The molecule has 1 saturated heterocycles. The highest BCUT2D eigenvalue weighted by atomic mass is 16.7. The molecule has 0 amide bonds. The van der Waals surface area contributed by atoms with Gasteiger partial charge in [0.05, 0.1) is 29.8 Å². The number of hydrogen-bond acceptors (Lipinski definition) is 8. The molecule has 1 aliphatic rings. The first-order chi connectivity index (χ1) is 21.0. The number of esters is 3. The summed E-state index contributed by atoms with van der Waals surface area (Å²) in [5, 5.41) is 0. The van der Waals surface area contributed by atoms with Crippen LogP contribution in [0.5, 0.6) is 0 Å². The lowest BCUT2D eigenvalue weighted by Crippen LogP contribution is -2.62. The van der Waals surface area contributed by atoms with Gasteiger partial charge in [-0.3, -0.25) is 0 Å². The molecule has 3 aromatic carbocycles. The van der Waals surface area contributed by atoms with Crippen LogP contribution >= 0.6 is 0 Å². The number of imidazole rings is 1. The van der Waals surface area contributed by atoms with Crippen LogP contribution in [-0.2, 0) is 36.8 Å². The first-order valence-corrected chi connectivity index (χ1v) is 13.9. The smallest absolute Gasteiger partial charge is 0.338 e. The van der Waals surface area contributed by atoms with Gasteiger partial charge in [-0.2, -0.15) is 0 Å². The highest BCUT2D eigenvalue weighted by Gasteiger charge is 2.53. The van der Waals surface area contributed by atoms with Crippen molar-refractivity contribution in [1.29, 1.82) is 0 Å². The molecule has 1 aromatic heterocycles. The monoisotopic (exact) mass is 584 g/mol. The molecule has 0 saturated carbocycles. The molecule has 1 aliphatic heterocycles.